The van der Waals surface area contributed by atoms with Gasteiger partial charge in [-0.05, 0) is 53.5 Å². The Balaban J connectivity index is 1.30. The van der Waals surface area contributed by atoms with Crippen LogP contribution in [-0.4, -0.2) is 15.3 Å². The van der Waals surface area contributed by atoms with Crippen LogP contribution in [0, 0.1) is 0 Å². The Hall–Kier alpha value is -3.83. The van der Waals surface area contributed by atoms with E-state index in [9.17, 15) is 9.59 Å². The first kappa shape index (κ1) is 21.7. The van der Waals surface area contributed by atoms with Crippen LogP contribution in [0.5, 0.6) is 0 Å². The third kappa shape index (κ3) is 4.13. The molecule has 35 heavy (non-hydrogen) atoms. The van der Waals surface area contributed by atoms with Crippen LogP contribution >= 0.6 is 11.3 Å². The zero-order valence-electron chi connectivity index (χ0n) is 19.2. The summed E-state index contributed by atoms with van der Waals surface area (Å²) in [5.74, 6) is -0.113. The number of hydrogen-bond donors (Lipinski definition) is 0. The van der Waals surface area contributed by atoms with Gasteiger partial charge in [-0.2, -0.15) is 0 Å². The minimum Gasteiger partial charge on any atom is -0.292 e. The molecular weight excluding hydrogens is 452 g/mol. The zero-order chi connectivity index (χ0) is 23.8. The number of benzene rings is 3. The van der Waals surface area contributed by atoms with Crippen molar-refractivity contribution in [3.05, 3.63) is 112 Å². The first-order chi connectivity index (χ1) is 17.2. The monoisotopic (exact) mass is 476 g/mol. The van der Waals surface area contributed by atoms with Gasteiger partial charge in [-0.3, -0.25) is 14.2 Å². The Bertz CT molecular complexity index is 1600. The standard InChI is InChI=1S/C30H24N2O2S/c33-27(23-13-10-22(11-14-23)20-6-2-1-3-7-20)17-32-19-31-29-28(30(32)34)26(18-35-29)25-15-12-21-8-4-5-9-24(21)16-25/h1-3,6-7,10-16,18-19H,4-5,8-9,17H2. The first-order valence-corrected chi connectivity index (χ1v) is 12.8. The lowest BCUT2D eigenvalue weighted by Crippen LogP contribution is -2.24. The molecular formula is C30H24N2O2S. The minimum absolute atomic E-state index is 0.0358. The molecule has 2 heterocycles. The summed E-state index contributed by atoms with van der Waals surface area (Å²) in [5, 5.41) is 2.61. The van der Waals surface area contributed by atoms with Gasteiger partial charge in [-0.1, -0.05) is 72.8 Å². The highest BCUT2D eigenvalue weighted by Gasteiger charge is 2.17. The number of nitrogens with zero attached hydrogens (tertiary/aromatic N) is 2. The number of aromatic nitrogens is 2. The van der Waals surface area contributed by atoms with Crippen molar-refractivity contribution in [2.75, 3.05) is 0 Å². The summed E-state index contributed by atoms with van der Waals surface area (Å²) in [6, 6.07) is 24.1. The number of thiophene rings is 1. The Morgan fingerprint density at radius 1 is 0.857 bits per heavy atom. The Labute approximate surface area is 207 Å². The molecule has 0 aliphatic heterocycles. The third-order valence-electron chi connectivity index (χ3n) is 6.85. The highest BCUT2D eigenvalue weighted by molar-refractivity contribution is 7.17. The van der Waals surface area contributed by atoms with Gasteiger partial charge < -0.3 is 0 Å². The molecule has 1 aliphatic rings. The lowest BCUT2D eigenvalue weighted by molar-refractivity contribution is 0.0970. The molecule has 172 valence electrons. The van der Waals surface area contributed by atoms with E-state index in [0.717, 1.165) is 35.1 Å². The largest absolute Gasteiger partial charge is 0.292 e. The average molecular weight is 477 g/mol. The fourth-order valence-corrected chi connectivity index (χ4v) is 5.83. The van der Waals surface area contributed by atoms with Crippen molar-refractivity contribution < 1.29 is 4.79 Å². The van der Waals surface area contributed by atoms with Crippen molar-refractivity contribution in [3.8, 4) is 22.3 Å². The van der Waals surface area contributed by atoms with Gasteiger partial charge in [-0.15, -0.1) is 11.3 Å². The van der Waals surface area contributed by atoms with Gasteiger partial charge in [0, 0.05) is 16.5 Å². The lowest BCUT2D eigenvalue weighted by Gasteiger charge is -2.16. The summed E-state index contributed by atoms with van der Waals surface area (Å²) in [6.07, 6.45) is 6.16. The van der Waals surface area contributed by atoms with E-state index in [0.29, 0.717) is 15.8 Å². The normalized spacial score (nSPS) is 13.0. The molecule has 1 aliphatic carbocycles. The van der Waals surface area contributed by atoms with Gasteiger partial charge >= 0.3 is 0 Å². The highest BCUT2D eigenvalue weighted by atomic mass is 32.1. The van der Waals surface area contributed by atoms with E-state index in [1.165, 1.54) is 46.2 Å². The van der Waals surface area contributed by atoms with Crippen LogP contribution in [0.15, 0.2) is 89.3 Å². The molecule has 0 saturated carbocycles. The molecule has 0 radical (unpaired) electrons. The molecule has 5 aromatic rings. The maximum Gasteiger partial charge on any atom is 0.263 e. The van der Waals surface area contributed by atoms with E-state index in [-0.39, 0.29) is 17.9 Å². The summed E-state index contributed by atoms with van der Waals surface area (Å²) >= 11 is 1.47. The molecule has 0 saturated heterocycles. The molecule has 0 spiro atoms. The Kier molecular flexibility index (Phi) is 5.63. The van der Waals surface area contributed by atoms with Gasteiger partial charge in [0.1, 0.15) is 4.83 Å². The number of hydrogen-bond acceptors (Lipinski definition) is 4. The van der Waals surface area contributed by atoms with Gasteiger partial charge in [0.15, 0.2) is 5.78 Å². The van der Waals surface area contributed by atoms with Crippen molar-refractivity contribution in [2.45, 2.75) is 32.2 Å². The number of rotatable bonds is 5. The van der Waals surface area contributed by atoms with Crippen LogP contribution in [0.3, 0.4) is 0 Å². The number of fused-ring (bicyclic) bond motifs is 2. The Morgan fingerprint density at radius 2 is 1.57 bits per heavy atom. The molecule has 3 aromatic carbocycles. The molecule has 0 N–H and O–H groups in total. The molecule has 0 atom stereocenters. The van der Waals surface area contributed by atoms with E-state index in [4.69, 9.17) is 0 Å². The maximum absolute atomic E-state index is 13.5. The van der Waals surface area contributed by atoms with Crippen molar-refractivity contribution >= 4 is 27.3 Å². The fraction of sp³-hybridized carbons (Fsp3) is 0.167. The molecule has 5 heteroatoms. The predicted octanol–water partition coefficient (Wildman–Crippen LogP) is 6.55. The molecule has 0 amide bonds. The zero-order valence-corrected chi connectivity index (χ0v) is 20.1. The second-order valence-electron chi connectivity index (χ2n) is 9.06. The lowest BCUT2D eigenvalue weighted by atomic mass is 9.89. The van der Waals surface area contributed by atoms with Crippen LogP contribution in [0.2, 0.25) is 0 Å². The van der Waals surface area contributed by atoms with E-state index < -0.39 is 0 Å². The van der Waals surface area contributed by atoms with E-state index in [2.05, 4.69) is 23.2 Å². The minimum atomic E-state index is -0.168. The van der Waals surface area contributed by atoms with E-state index >= 15 is 0 Å². The molecule has 0 fully saturated rings. The third-order valence-corrected chi connectivity index (χ3v) is 7.73. The van der Waals surface area contributed by atoms with Gasteiger partial charge in [0.25, 0.3) is 5.56 Å². The summed E-state index contributed by atoms with van der Waals surface area (Å²) < 4.78 is 1.43. The first-order valence-electron chi connectivity index (χ1n) is 11.9. The quantitative estimate of drug-likeness (QED) is 0.270. The molecule has 4 nitrogen and oxygen atoms in total. The topological polar surface area (TPSA) is 52.0 Å². The number of carbonyl (C=O) groups excluding carboxylic acids is 1. The summed E-state index contributed by atoms with van der Waals surface area (Å²) in [6.45, 7) is -0.0358. The summed E-state index contributed by atoms with van der Waals surface area (Å²) in [4.78, 5) is 31.7. The number of ketones is 1. The fourth-order valence-electron chi connectivity index (χ4n) is 4.92. The van der Waals surface area contributed by atoms with Crippen LogP contribution in [0.1, 0.15) is 34.3 Å². The number of aryl methyl sites for hydroxylation is 2. The highest BCUT2D eigenvalue weighted by Crippen LogP contribution is 2.33. The van der Waals surface area contributed by atoms with Crippen LogP contribution < -0.4 is 5.56 Å². The average Bonchev–Trinajstić information content (AvgIpc) is 3.35. The number of carbonyl (C=O) groups is 1. The second kappa shape index (κ2) is 9.08. The van der Waals surface area contributed by atoms with Gasteiger partial charge in [0.05, 0.1) is 18.3 Å². The molecule has 6 rings (SSSR count). The Morgan fingerprint density at radius 3 is 2.37 bits per heavy atom. The smallest absolute Gasteiger partial charge is 0.263 e. The van der Waals surface area contributed by atoms with Crippen molar-refractivity contribution in [2.24, 2.45) is 0 Å². The van der Waals surface area contributed by atoms with E-state index in [1.807, 2.05) is 60.0 Å². The van der Waals surface area contributed by atoms with Gasteiger partial charge in [0.2, 0.25) is 0 Å². The van der Waals surface area contributed by atoms with Crippen LogP contribution in [0.25, 0.3) is 32.5 Å². The van der Waals surface area contributed by atoms with Crippen LogP contribution in [0.4, 0.5) is 0 Å². The molecule has 0 unspecified atom stereocenters. The molecule has 0 bridgehead atoms. The van der Waals surface area contributed by atoms with Crippen molar-refractivity contribution in [1.82, 2.24) is 9.55 Å². The molecule has 2 aromatic heterocycles. The van der Waals surface area contributed by atoms with Crippen molar-refractivity contribution in [3.63, 3.8) is 0 Å². The predicted molar refractivity (Wildman–Crippen MR) is 142 cm³/mol. The summed E-state index contributed by atoms with van der Waals surface area (Å²) in [7, 11) is 0. The van der Waals surface area contributed by atoms with Gasteiger partial charge in [-0.25, -0.2) is 4.98 Å². The van der Waals surface area contributed by atoms with Crippen molar-refractivity contribution in [1.29, 1.82) is 0 Å². The SMILES string of the molecule is O=C(Cn1cnc2scc(-c3ccc4c(c3)CCCC4)c2c1=O)c1ccc(-c2ccccc2)cc1. The second-order valence-corrected chi connectivity index (χ2v) is 9.92. The van der Waals surface area contributed by atoms with Crippen LogP contribution in [-0.2, 0) is 19.4 Å². The summed E-state index contributed by atoms with van der Waals surface area (Å²) in [5.41, 5.74) is 7.32. The van der Waals surface area contributed by atoms with E-state index in [1.54, 1.807) is 0 Å². The number of Topliss-reactive ketones (excluding diaryl/α,β-unsaturated/α-hetero) is 1. The maximum atomic E-state index is 13.5.